The summed E-state index contributed by atoms with van der Waals surface area (Å²) in [6.45, 7) is 0. The zero-order chi connectivity index (χ0) is 53.8. The topological polar surface area (TPSA) is 61.7 Å². The Morgan fingerprint density at radius 1 is 0.293 bits per heavy atom. The molecular formula is C76H47N5O. The second-order valence-corrected chi connectivity index (χ2v) is 21.5. The van der Waals surface area contributed by atoms with Crippen LogP contribution < -0.4 is 0 Å². The van der Waals surface area contributed by atoms with Gasteiger partial charge >= 0.3 is 0 Å². The Morgan fingerprint density at radius 2 is 0.768 bits per heavy atom. The first kappa shape index (κ1) is 46.0. The van der Waals surface area contributed by atoms with Crippen LogP contribution in [0.1, 0.15) is 22.6 Å². The molecule has 382 valence electrons. The van der Waals surface area contributed by atoms with Crippen molar-refractivity contribution >= 4 is 65.6 Å². The van der Waals surface area contributed by atoms with Crippen molar-refractivity contribution in [3.63, 3.8) is 0 Å². The van der Waals surface area contributed by atoms with E-state index in [0.717, 1.165) is 82.8 Å². The van der Waals surface area contributed by atoms with Gasteiger partial charge < -0.3 is 8.98 Å². The number of fused-ring (bicyclic) bond motifs is 12. The maximum atomic E-state index is 6.71. The molecule has 0 saturated carbocycles. The molecule has 0 aliphatic heterocycles. The average Bonchev–Trinajstić information content (AvgIpc) is 3.17. The van der Waals surface area contributed by atoms with Crippen molar-refractivity contribution in [1.82, 2.24) is 24.1 Å². The first-order chi connectivity index (χ1) is 40.6. The number of rotatable bonds is 8. The van der Waals surface area contributed by atoms with E-state index in [4.69, 9.17) is 19.4 Å². The highest BCUT2D eigenvalue weighted by molar-refractivity contribution is 6.16. The molecule has 1 aliphatic carbocycles. The SMILES string of the molecule is c1ccc(-c2nc(-c3ccccc3)nc(-n3c4ccccc4c4cc(-c5cccc6oc7ccc(-c8ccc9c(c8)-c8cc(-c%10ccc%11c(c%10)c%10ccccc%10n%11-c%10ccccc%10)ccc8C9c8ccccc8)cc7c56)ccc43)n2)cc1. The summed E-state index contributed by atoms with van der Waals surface area (Å²) in [6, 6.07) is 100. The van der Waals surface area contributed by atoms with Gasteiger partial charge in [-0.25, -0.2) is 4.98 Å². The van der Waals surface area contributed by atoms with Gasteiger partial charge in [-0.3, -0.25) is 4.57 Å². The molecule has 16 aromatic rings. The van der Waals surface area contributed by atoms with Crippen molar-refractivity contribution in [1.29, 1.82) is 0 Å². The third kappa shape index (κ3) is 7.25. The maximum absolute atomic E-state index is 6.71. The molecule has 4 heterocycles. The number of furan rings is 1. The minimum atomic E-state index is 0.116. The molecule has 17 rings (SSSR count). The molecule has 82 heavy (non-hydrogen) atoms. The summed E-state index contributed by atoms with van der Waals surface area (Å²) < 4.78 is 11.3. The standard InChI is InChI=1S/C76H47N5O/c1-5-18-47(19-6-1)72-59-37-32-50(52-34-39-68-63(44-52)57-26-13-15-29-66(57)80(68)55-24-11-4-12-25-55)42-61(59)62-43-51(33-38-60(62)72)53-36-41-70-65(45-53)73-56(28-17-31-71(73)82-70)54-35-40-69-64(46-54)58-27-14-16-30-67(58)81(69)76-78-74(48-20-7-2-8-21-48)77-75(79-76)49-22-9-3-10-23-49/h1-46,72H. The molecule has 0 bridgehead atoms. The first-order valence-corrected chi connectivity index (χ1v) is 27.9. The number of aromatic nitrogens is 5. The molecule has 1 aliphatic rings. The molecule has 4 aromatic heterocycles. The Bertz CT molecular complexity index is 5160. The van der Waals surface area contributed by atoms with E-state index in [1.165, 1.54) is 60.8 Å². The Kier molecular flexibility index (Phi) is 10.3. The summed E-state index contributed by atoms with van der Waals surface area (Å²) in [5, 5.41) is 6.87. The highest BCUT2D eigenvalue weighted by Gasteiger charge is 2.31. The van der Waals surface area contributed by atoms with E-state index in [0.29, 0.717) is 17.6 Å². The average molecular weight is 1050 g/mol. The maximum Gasteiger partial charge on any atom is 0.238 e. The van der Waals surface area contributed by atoms with Crippen molar-refractivity contribution in [3.05, 3.63) is 296 Å². The van der Waals surface area contributed by atoms with Crippen LogP contribution in [-0.2, 0) is 0 Å². The number of para-hydroxylation sites is 3. The van der Waals surface area contributed by atoms with Crippen LogP contribution in [0.25, 0.3) is 144 Å². The van der Waals surface area contributed by atoms with Crippen LogP contribution in [0, 0.1) is 0 Å². The third-order valence-corrected chi connectivity index (χ3v) is 16.9. The monoisotopic (exact) mass is 1050 g/mol. The zero-order valence-electron chi connectivity index (χ0n) is 44.3. The van der Waals surface area contributed by atoms with Crippen molar-refractivity contribution in [3.8, 4) is 78.9 Å². The lowest BCUT2D eigenvalue weighted by Crippen LogP contribution is -2.06. The van der Waals surface area contributed by atoms with E-state index in [1.54, 1.807) is 0 Å². The molecular weight excluding hydrogens is 999 g/mol. The summed E-state index contributed by atoms with van der Waals surface area (Å²) in [7, 11) is 0. The Hall–Kier alpha value is -11.0. The summed E-state index contributed by atoms with van der Waals surface area (Å²) in [6.07, 6.45) is 0. The minimum Gasteiger partial charge on any atom is -0.456 e. The van der Waals surface area contributed by atoms with E-state index in [-0.39, 0.29) is 5.92 Å². The summed E-state index contributed by atoms with van der Waals surface area (Å²) >= 11 is 0. The zero-order valence-corrected chi connectivity index (χ0v) is 44.3. The lowest BCUT2D eigenvalue weighted by molar-refractivity contribution is 0.669. The quantitative estimate of drug-likeness (QED) is 0.152. The molecule has 0 fully saturated rings. The lowest BCUT2D eigenvalue weighted by atomic mass is 9.88. The van der Waals surface area contributed by atoms with Gasteiger partial charge in [0.2, 0.25) is 5.95 Å². The highest BCUT2D eigenvalue weighted by Crippen LogP contribution is 2.51. The molecule has 1 unspecified atom stereocenters. The molecule has 1 atom stereocenters. The molecule has 0 amide bonds. The number of nitrogens with zero attached hydrogens (tertiary/aromatic N) is 5. The van der Waals surface area contributed by atoms with Crippen molar-refractivity contribution in [2.75, 3.05) is 0 Å². The van der Waals surface area contributed by atoms with Crippen LogP contribution in [0.2, 0.25) is 0 Å². The van der Waals surface area contributed by atoms with Gasteiger partial charge in [0.05, 0.1) is 22.1 Å². The summed E-state index contributed by atoms with van der Waals surface area (Å²) in [5.41, 5.74) is 22.5. The fraction of sp³-hybridized carbons (Fsp3) is 0.0132. The van der Waals surface area contributed by atoms with E-state index in [9.17, 15) is 0 Å². The van der Waals surface area contributed by atoms with Gasteiger partial charge in [-0.15, -0.1) is 0 Å². The molecule has 0 saturated heterocycles. The predicted molar refractivity (Wildman–Crippen MR) is 336 cm³/mol. The fourth-order valence-electron chi connectivity index (χ4n) is 13.1. The Morgan fingerprint density at radius 3 is 1.40 bits per heavy atom. The van der Waals surface area contributed by atoms with E-state index < -0.39 is 0 Å². The first-order valence-electron chi connectivity index (χ1n) is 27.9. The van der Waals surface area contributed by atoms with Gasteiger partial charge in [-0.2, -0.15) is 9.97 Å². The Labute approximate surface area is 472 Å². The smallest absolute Gasteiger partial charge is 0.238 e. The van der Waals surface area contributed by atoms with Crippen LogP contribution in [0.5, 0.6) is 0 Å². The number of hydrogen-bond acceptors (Lipinski definition) is 4. The molecule has 0 radical (unpaired) electrons. The van der Waals surface area contributed by atoms with Crippen molar-refractivity contribution < 1.29 is 4.42 Å². The van der Waals surface area contributed by atoms with Crippen molar-refractivity contribution in [2.24, 2.45) is 0 Å². The van der Waals surface area contributed by atoms with Crippen LogP contribution in [0.4, 0.5) is 0 Å². The van der Waals surface area contributed by atoms with Crippen LogP contribution in [-0.4, -0.2) is 24.1 Å². The predicted octanol–water partition coefficient (Wildman–Crippen LogP) is 19.5. The normalized spacial score (nSPS) is 13.0. The summed E-state index contributed by atoms with van der Waals surface area (Å²) in [4.78, 5) is 15.3. The van der Waals surface area contributed by atoms with E-state index >= 15 is 0 Å². The summed E-state index contributed by atoms with van der Waals surface area (Å²) in [5.74, 6) is 1.92. The molecule has 6 nitrogen and oxygen atoms in total. The van der Waals surface area contributed by atoms with Crippen molar-refractivity contribution in [2.45, 2.75) is 5.92 Å². The highest BCUT2D eigenvalue weighted by atomic mass is 16.3. The Balaban J connectivity index is 0.782. The molecule has 0 spiro atoms. The molecule has 0 N–H and O–H groups in total. The van der Waals surface area contributed by atoms with Gasteiger partial charge in [0.15, 0.2) is 11.6 Å². The van der Waals surface area contributed by atoms with Crippen LogP contribution >= 0.6 is 0 Å². The van der Waals surface area contributed by atoms with E-state index in [1.807, 2.05) is 60.7 Å². The fourth-order valence-corrected chi connectivity index (χ4v) is 13.1. The van der Waals surface area contributed by atoms with Crippen LogP contribution in [0.15, 0.2) is 283 Å². The second kappa shape index (κ2) is 18.3. The second-order valence-electron chi connectivity index (χ2n) is 21.5. The molecule has 12 aromatic carbocycles. The minimum absolute atomic E-state index is 0.116. The lowest BCUT2D eigenvalue weighted by Gasteiger charge is -2.15. The van der Waals surface area contributed by atoms with E-state index in [2.05, 4.69) is 228 Å². The van der Waals surface area contributed by atoms with Gasteiger partial charge in [-0.05, 0) is 140 Å². The van der Waals surface area contributed by atoms with Gasteiger partial charge in [0.25, 0.3) is 0 Å². The van der Waals surface area contributed by atoms with Gasteiger partial charge in [0.1, 0.15) is 11.2 Å². The van der Waals surface area contributed by atoms with Gasteiger partial charge in [-0.1, -0.05) is 200 Å². The third-order valence-electron chi connectivity index (χ3n) is 16.9. The molecule has 6 heteroatoms. The van der Waals surface area contributed by atoms with Gasteiger partial charge in [0, 0.05) is 55.0 Å². The largest absolute Gasteiger partial charge is 0.456 e. The number of hydrogen-bond donors (Lipinski definition) is 0. The number of benzene rings is 12. The van der Waals surface area contributed by atoms with Crippen LogP contribution in [0.3, 0.4) is 0 Å².